The maximum Gasteiger partial charge on any atom is 0.312 e. The third-order valence-corrected chi connectivity index (χ3v) is 13.6. The van der Waals surface area contributed by atoms with Crippen LogP contribution in [0.15, 0.2) is 65.5 Å². The summed E-state index contributed by atoms with van der Waals surface area (Å²) in [5, 5.41) is 77.8. The molecule has 0 spiro atoms. The maximum atomic E-state index is 14.6. The molecule has 68 heavy (non-hydrogen) atoms. The molecule has 1 fully saturated rings. The number of Topliss-reactive ketones (excluding diaryl/α,β-unsaturated/α-hetero) is 1. The molecule has 7 N–H and O–H groups in total. The van der Waals surface area contributed by atoms with Crippen LogP contribution in [0, 0.1) is 30.6 Å². The summed E-state index contributed by atoms with van der Waals surface area (Å²) < 4.78 is 23.8. The largest absolute Gasteiger partial charge is 0.508 e. The van der Waals surface area contributed by atoms with Crippen LogP contribution in [0.2, 0.25) is 0 Å². The molecule has 11 atom stereocenters. The number of carbonyl (C=O) groups excluding carboxylic acids is 3. The predicted molar refractivity (Wildman–Crippen MR) is 256 cm³/mol. The highest BCUT2D eigenvalue weighted by Gasteiger charge is 2.50. The fourth-order valence-electron chi connectivity index (χ4n) is 9.64. The van der Waals surface area contributed by atoms with Crippen LogP contribution in [0.25, 0.3) is 10.8 Å². The third kappa shape index (κ3) is 10.2. The van der Waals surface area contributed by atoms with Gasteiger partial charge in [-0.1, -0.05) is 58.1 Å². The minimum atomic E-state index is -2.08. The molecule has 4 aliphatic rings. The molecule has 368 valence electrons. The van der Waals surface area contributed by atoms with Crippen LogP contribution in [-0.4, -0.2) is 127 Å². The minimum Gasteiger partial charge on any atom is -0.508 e. The van der Waals surface area contributed by atoms with E-state index in [1.807, 2.05) is 31.0 Å². The van der Waals surface area contributed by atoms with Crippen molar-refractivity contribution in [1.82, 2.24) is 9.91 Å². The summed E-state index contributed by atoms with van der Waals surface area (Å²) in [7, 11) is 1.43. The van der Waals surface area contributed by atoms with Gasteiger partial charge in [-0.25, -0.2) is 0 Å². The Kier molecular flexibility index (Phi) is 15.5. The summed E-state index contributed by atoms with van der Waals surface area (Å²) in [6, 6.07) is 6.70. The number of hydrazone groups is 1. The number of piperazine rings is 1. The van der Waals surface area contributed by atoms with Crippen molar-refractivity contribution in [3.63, 3.8) is 0 Å². The Morgan fingerprint density at radius 3 is 2.16 bits per heavy atom. The van der Waals surface area contributed by atoms with E-state index in [1.54, 1.807) is 52.0 Å². The van der Waals surface area contributed by atoms with Crippen LogP contribution in [0.4, 0.5) is 5.69 Å². The molecule has 0 saturated carbocycles. The number of ether oxygens (including phenoxy) is 4. The second kappa shape index (κ2) is 20.6. The fourth-order valence-corrected chi connectivity index (χ4v) is 9.64. The summed E-state index contributed by atoms with van der Waals surface area (Å²) in [5.74, 6) is -8.43. The number of nitrogens with zero attached hydrogens (tertiary/aromatic N) is 3. The molecule has 0 aromatic heterocycles. The van der Waals surface area contributed by atoms with E-state index in [2.05, 4.69) is 10.2 Å². The molecule has 2 unspecified atom stereocenters. The molecular formula is C51H66N4O13. The SMILES string of the molecule is CO[C@H]1/C=C/O[C@@]2(C)Oc3c(C)c(O)c4c(O)c(c(/C=N\N5C(C)CN(Cc6ccc(O)cc6)CC5C)c(O)c4c3C2=O)NC(=O)/C(C)=C\C=C\[C@H](C)[C@H](O)[C@@H](C)[C@@H](O)[C@@H](C)[C@H](OC(C)=O)[C@@H]1C. The van der Waals surface area contributed by atoms with Gasteiger partial charge in [-0.3, -0.25) is 24.3 Å². The van der Waals surface area contributed by atoms with Gasteiger partial charge in [-0.2, -0.15) is 5.10 Å². The molecule has 7 rings (SSSR count). The fraction of sp³-hybridized carbons (Fsp3) is 0.490. The van der Waals surface area contributed by atoms with Crippen LogP contribution in [0.5, 0.6) is 28.7 Å². The van der Waals surface area contributed by atoms with Gasteiger partial charge in [-0.15, -0.1) is 0 Å². The van der Waals surface area contributed by atoms with E-state index in [0.29, 0.717) is 19.6 Å². The second-order valence-electron chi connectivity index (χ2n) is 18.8. The number of anilines is 1. The van der Waals surface area contributed by atoms with E-state index in [-0.39, 0.29) is 62.3 Å². The van der Waals surface area contributed by atoms with Gasteiger partial charge in [-0.05, 0) is 51.5 Å². The number of aliphatic hydroxyl groups excluding tert-OH is 2. The van der Waals surface area contributed by atoms with E-state index in [1.165, 1.54) is 59.4 Å². The summed E-state index contributed by atoms with van der Waals surface area (Å²) in [6.45, 7) is 18.3. The molecular weight excluding hydrogens is 877 g/mol. The lowest BCUT2D eigenvalue weighted by Gasteiger charge is -2.42. The van der Waals surface area contributed by atoms with Crippen molar-refractivity contribution in [2.24, 2.45) is 28.8 Å². The Morgan fingerprint density at radius 1 is 0.897 bits per heavy atom. The molecule has 1 saturated heterocycles. The highest BCUT2D eigenvalue weighted by atomic mass is 16.7. The first-order valence-electron chi connectivity index (χ1n) is 22.9. The molecule has 0 radical (unpaired) electrons. The van der Waals surface area contributed by atoms with Crippen molar-refractivity contribution in [1.29, 1.82) is 0 Å². The van der Waals surface area contributed by atoms with Crippen molar-refractivity contribution in [2.75, 3.05) is 25.5 Å². The number of esters is 1. The van der Waals surface area contributed by atoms with E-state index in [0.717, 1.165) is 5.56 Å². The highest BCUT2D eigenvalue weighted by Crippen LogP contribution is 2.55. The summed E-state index contributed by atoms with van der Waals surface area (Å²) >= 11 is 0. The highest BCUT2D eigenvalue weighted by molar-refractivity contribution is 6.23. The molecule has 4 aliphatic heterocycles. The monoisotopic (exact) mass is 942 g/mol. The molecule has 1 amide bonds. The number of hydrogen-bond donors (Lipinski definition) is 7. The number of rotatable bonds is 6. The Hall–Kier alpha value is -6.14. The lowest BCUT2D eigenvalue weighted by molar-refractivity contribution is -0.160. The number of aliphatic hydroxyl groups is 2. The molecule has 17 nitrogen and oxygen atoms in total. The van der Waals surface area contributed by atoms with Crippen LogP contribution in [0.3, 0.4) is 0 Å². The molecule has 4 heterocycles. The predicted octanol–water partition coefficient (Wildman–Crippen LogP) is 6.39. The van der Waals surface area contributed by atoms with E-state index >= 15 is 0 Å². The smallest absolute Gasteiger partial charge is 0.312 e. The number of carbonyl (C=O) groups is 3. The number of fused-ring (bicyclic) bond motifs is 14. The van der Waals surface area contributed by atoms with Crippen molar-refractivity contribution < 1.29 is 64.0 Å². The van der Waals surface area contributed by atoms with Crippen LogP contribution >= 0.6 is 0 Å². The molecule has 17 heteroatoms. The normalized spacial score (nSPS) is 31.5. The van der Waals surface area contributed by atoms with Gasteiger partial charge in [0.15, 0.2) is 5.75 Å². The average Bonchev–Trinajstić information content (AvgIpc) is 3.55. The summed E-state index contributed by atoms with van der Waals surface area (Å²) in [5.41, 5.74) is 0.548. The zero-order valence-corrected chi connectivity index (χ0v) is 40.6. The van der Waals surface area contributed by atoms with Gasteiger partial charge in [0.1, 0.15) is 29.1 Å². The van der Waals surface area contributed by atoms with Gasteiger partial charge in [0, 0.05) is 80.8 Å². The van der Waals surface area contributed by atoms with Crippen LogP contribution in [-0.2, 0) is 30.3 Å². The van der Waals surface area contributed by atoms with Gasteiger partial charge in [0.2, 0.25) is 0 Å². The van der Waals surface area contributed by atoms with Crippen LogP contribution in [0.1, 0.15) is 89.4 Å². The number of benzene rings is 3. The number of allylic oxidation sites excluding steroid dienone is 2. The average molecular weight is 943 g/mol. The molecule has 5 bridgehead atoms. The Bertz CT molecular complexity index is 2510. The second-order valence-corrected chi connectivity index (χ2v) is 18.8. The number of hydrogen-bond acceptors (Lipinski definition) is 16. The molecule has 3 aromatic carbocycles. The van der Waals surface area contributed by atoms with Crippen molar-refractivity contribution in [3.05, 3.63) is 82.7 Å². The lowest BCUT2D eigenvalue weighted by Crippen LogP contribution is -2.54. The maximum absolute atomic E-state index is 14.6. The van der Waals surface area contributed by atoms with Gasteiger partial charge in [0.25, 0.3) is 11.7 Å². The minimum absolute atomic E-state index is 0.0378. The molecule has 3 aromatic rings. The van der Waals surface area contributed by atoms with E-state index in [9.17, 15) is 45.0 Å². The zero-order valence-electron chi connectivity index (χ0n) is 40.6. The lowest BCUT2D eigenvalue weighted by atomic mass is 9.78. The number of amides is 1. The Labute approximate surface area is 396 Å². The van der Waals surface area contributed by atoms with Gasteiger partial charge in [0.05, 0.1) is 65.1 Å². The number of aromatic hydroxyl groups is 4. The number of nitrogens with one attached hydrogen (secondary N) is 1. The first kappa shape index (κ1) is 51.3. The van der Waals surface area contributed by atoms with Gasteiger partial charge >= 0.3 is 11.8 Å². The Morgan fingerprint density at radius 2 is 1.54 bits per heavy atom. The van der Waals surface area contributed by atoms with Crippen molar-refractivity contribution in [2.45, 2.75) is 118 Å². The topological polar surface area (TPSA) is 240 Å². The van der Waals surface area contributed by atoms with Gasteiger partial charge < -0.3 is 54.9 Å². The first-order valence-corrected chi connectivity index (χ1v) is 22.9. The number of methoxy groups -OCH3 is 1. The van der Waals surface area contributed by atoms with E-state index in [4.69, 9.17) is 24.0 Å². The van der Waals surface area contributed by atoms with Crippen molar-refractivity contribution in [3.8, 4) is 28.7 Å². The van der Waals surface area contributed by atoms with E-state index < -0.39 is 88.8 Å². The third-order valence-electron chi connectivity index (χ3n) is 13.6. The first-order chi connectivity index (χ1) is 32.0. The quantitative estimate of drug-likeness (QED) is 0.0614. The Balaban J connectivity index is 1.48. The zero-order chi connectivity index (χ0) is 50.1. The summed E-state index contributed by atoms with van der Waals surface area (Å²) in [4.78, 5) is 43.3. The number of ketones is 1. The standard InChI is InChI=1S/C51H66N4O13/c1-25-13-12-14-26(2)50(64)53-41-36(21-52-55-27(3)22-54(23-28(55)4)24-34-15-17-35(57)18-16-34)45(61)38-39(46(41)62)44(60)32(8)48-40(38)49(63)51(10,68-48)66-20-19-37(65-11)29(5)47(67-33(9)56)31(7)43(59)30(6)42(25)58/h12-21,25,27-31,37,42-43,47,57-62H,22-24H2,1-11H3,(H,53,64)/b13-12+,20-19+,26-14-,52-21-/t25-,27?,28?,29+,30+,31+,37-,42-,43+,47+,51-/m0/s1. The number of phenolic OH excluding ortho intramolecular Hbond substituents is 4. The summed E-state index contributed by atoms with van der Waals surface area (Å²) in [6.07, 6.45) is 4.78. The van der Waals surface area contributed by atoms with Crippen molar-refractivity contribution >= 4 is 40.3 Å². The number of phenols is 4. The molecule has 0 aliphatic carbocycles. The van der Waals surface area contributed by atoms with Crippen LogP contribution < -0.4 is 10.1 Å².